The van der Waals surface area contributed by atoms with Crippen LogP contribution in [0.1, 0.15) is 30.5 Å². The van der Waals surface area contributed by atoms with Crippen molar-refractivity contribution in [1.82, 2.24) is 9.88 Å². The number of rotatable bonds is 3. The molecule has 0 bridgehead atoms. The molecule has 0 aliphatic carbocycles. The maximum absolute atomic E-state index is 13.0. The molecule has 4 rings (SSSR count). The van der Waals surface area contributed by atoms with Gasteiger partial charge in [-0.05, 0) is 29.7 Å². The summed E-state index contributed by atoms with van der Waals surface area (Å²) in [5.74, 6) is -0.0352. The molecule has 2 heterocycles. The van der Waals surface area contributed by atoms with Crippen LogP contribution in [0.5, 0.6) is 0 Å². The maximum Gasteiger partial charge on any atom is 0.230 e. The van der Waals surface area contributed by atoms with Crippen molar-refractivity contribution in [2.24, 2.45) is 0 Å². The van der Waals surface area contributed by atoms with Gasteiger partial charge in [0, 0.05) is 20.5 Å². The summed E-state index contributed by atoms with van der Waals surface area (Å²) < 4.78 is 1.06. The summed E-state index contributed by atoms with van der Waals surface area (Å²) in [6.45, 7) is 2.22. The minimum absolute atomic E-state index is 0.00458. The highest BCUT2D eigenvalue weighted by molar-refractivity contribution is 7.22. The SMILES string of the molecule is CC(=O)N1CCc2ccccc2C1CC(=O)N(C)c1nc2ccccc2s1. The number of carbonyl (C=O) groups is 2. The van der Waals surface area contributed by atoms with E-state index in [2.05, 4.69) is 11.1 Å². The third kappa shape index (κ3) is 3.32. The van der Waals surface area contributed by atoms with Gasteiger partial charge in [-0.25, -0.2) is 4.98 Å². The Morgan fingerprint density at radius 1 is 1.19 bits per heavy atom. The lowest BCUT2D eigenvalue weighted by Gasteiger charge is -2.37. The number of hydrogen-bond acceptors (Lipinski definition) is 4. The van der Waals surface area contributed by atoms with Crippen molar-refractivity contribution in [2.45, 2.75) is 25.8 Å². The Balaban J connectivity index is 1.61. The summed E-state index contributed by atoms with van der Waals surface area (Å²) in [5, 5.41) is 0.680. The topological polar surface area (TPSA) is 53.5 Å². The number of para-hydroxylation sites is 1. The minimum Gasteiger partial charge on any atom is -0.335 e. The molecular weight excluding hydrogens is 358 g/mol. The molecule has 1 aliphatic rings. The van der Waals surface area contributed by atoms with E-state index >= 15 is 0 Å². The minimum atomic E-state index is -0.225. The van der Waals surface area contributed by atoms with Crippen molar-refractivity contribution in [1.29, 1.82) is 0 Å². The van der Waals surface area contributed by atoms with Crippen molar-refractivity contribution >= 4 is 38.5 Å². The van der Waals surface area contributed by atoms with Gasteiger partial charge in [-0.15, -0.1) is 0 Å². The Labute approximate surface area is 162 Å². The summed E-state index contributed by atoms with van der Waals surface area (Å²) >= 11 is 1.50. The predicted octanol–water partition coefficient (Wildman–Crippen LogP) is 3.80. The molecule has 1 unspecified atom stereocenters. The Morgan fingerprint density at radius 2 is 1.93 bits per heavy atom. The number of thiazole rings is 1. The molecule has 0 saturated carbocycles. The molecule has 2 aromatic carbocycles. The normalized spacial score (nSPS) is 16.2. The summed E-state index contributed by atoms with van der Waals surface area (Å²) in [4.78, 5) is 33.2. The van der Waals surface area contributed by atoms with E-state index in [1.54, 1.807) is 18.9 Å². The molecule has 0 fully saturated rings. The molecule has 1 aromatic heterocycles. The highest BCUT2D eigenvalue weighted by Gasteiger charge is 2.32. The highest BCUT2D eigenvalue weighted by Crippen LogP contribution is 2.34. The zero-order chi connectivity index (χ0) is 19.0. The van der Waals surface area contributed by atoms with Crippen molar-refractivity contribution in [3.05, 3.63) is 59.7 Å². The van der Waals surface area contributed by atoms with E-state index in [0.717, 1.165) is 22.2 Å². The molecule has 5 nitrogen and oxygen atoms in total. The number of aromatic nitrogens is 1. The third-order valence-electron chi connectivity index (χ3n) is 5.13. The zero-order valence-electron chi connectivity index (χ0n) is 15.4. The van der Waals surface area contributed by atoms with E-state index in [-0.39, 0.29) is 24.3 Å². The first-order chi connectivity index (χ1) is 13.0. The predicted molar refractivity (Wildman–Crippen MR) is 108 cm³/mol. The van der Waals surface area contributed by atoms with Gasteiger partial charge >= 0.3 is 0 Å². The number of amides is 2. The van der Waals surface area contributed by atoms with E-state index in [9.17, 15) is 9.59 Å². The van der Waals surface area contributed by atoms with E-state index < -0.39 is 0 Å². The Hall–Kier alpha value is -2.73. The molecule has 138 valence electrons. The number of anilines is 1. The van der Waals surface area contributed by atoms with Crippen LogP contribution in [0.15, 0.2) is 48.5 Å². The maximum atomic E-state index is 13.0. The second-order valence-corrected chi connectivity index (χ2v) is 7.81. The van der Waals surface area contributed by atoms with Crippen LogP contribution < -0.4 is 4.90 Å². The summed E-state index contributed by atoms with van der Waals surface area (Å²) in [7, 11) is 1.76. The summed E-state index contributed by atoms with van der Waals surface area (Å²) in [6, 6.07) is 15.7. The summed E-state index contributed by atoms with van der Waals surface area (Å²) in [6.07, 6.45) is 1.08. The van der Waals surface area contributed by atoms with Gasteiger partial charge in [0.1, 0.15) is 0 Å². The molecule has 3 aromatic rings. The number of benzene rings is 2. The van der Waals surface area contributed by atoms with E-state index in [4.69, 9.17) is 0 Å². The molecule has 0 N–H and O–H groups in total. The lowest BCUT2D eigenvalue weighted by atomic mass is 9.90. The van der Waals surface area contributed by atoms with Crippen LogP contribution >= 0.6 is 11.3 Å². The lowest BCUT2D eigenvalue weighted by Crippen LogP contribution is -2.41. The van der Waals surface area contributed by atoms with Crippen LogP contribution in [0.4, 0.5) is 5.13 Å². The van der Waals surface area contributed by atoms with Crippen molar-refractivity contribution in [3.63, 3.8) is 0 Å². The fraction of sp³-hybridized carbons (Fsp3) is 0.286. The first-order valence-electron chi connectivity index (χ1n) is 9.01. The van der Waals surface area contributed by atoms with Gasteiger partial charge in [0.05, 0.1) is 22.7 Å². The van der Waals surface area contributed by atoms with E-state index in [1.165, 1.54) is 16.9 Å². The molecule has 1 atom stereocenters. The molecule has 0 radical (unpaired) electrons. The fourth-order valence-electron chi connectivity index (χ4n) is 3.66. The molecule has 0 saturated heterocycles. The smallest absolute Gasteiger partial charge is 0.230 e. The second-order valence-electron chi connectivity index (χ2n) is 6.80. The molecule has 1 aliphatic heterocycles. The number of fused-ring (bicyclic) bond motifs is 2. The fourth-order valence-corrected chi connectivity index (χ4v) is 4.61. The summed E-state index contributed by atoms with van der Waals surface area (Å²) in [5.41, 5.74) is 3.19. The average molecular weight is 379 g/mol. The van der Waals surface area contributed by atoms with Crippen LogP contribution in [0.2, 0.25) is 0 Å². The van der Waals surface area contributed by atoms with Crippen LogP contribution in [-0.2, 0) is 16.0 Å². The highest BCUT2D eigenvalue weighted by atomic mass is 32.1. The van der Waals surface area contributed by atoms with Crippen LogP contribution in [0, 0.1) is 0 Å². The van der Waals surface area contributed by atoms with E-state index in [1.807, 2.05) is 47.4 Å². The van der Waals surface area contributed by atoms with Gasteiger partial charge in [-0.2, -0.15) is 0 Å². The van der Waals surface area contributed by atoms with Gasteiger partial charge in [0.25, 0.3) is 0 Å². The first-order valence-corrected chi connectivity index (χ1v) is 9.83. The van der Waals surface area contributed by atoms with Gasteiger partial charge in [0.15, 0.2) is 5.13 Å². The Morgan fingerprint density at radius 3 is 2.70 bits per heavy atom. The van der Waals surface area contributed by atoms with Gasteiger partial charge in [-0.3, -0.25) is 14.5 Å². The Kier molecular flexibility index (Phi) is 4.66. The van der Waals surface area contributed by atoms with Crippen LogP contribution in [-0.4, -0.2) is 35.3 Å². The zero-order valence-corrected chi connectivity index (χ0v) is 16.2. The standard InChI is InChI=1S/C21H21N3O2S/c1-14(25)24-12-11-15-7-3-4-8-16(15)18(24)13-20(26)23(2)21-22-17-9-5-6-10-19(17)27-21/h3-10,18H,11-13H2,1-2H3. The molecule has 2 amide bonds. The molecule has 27 heavy (non-hydrogen) atoms. The number of carbonyl (C=O) groups excluding carboxylic acids is 2. The van der Waals surface area contributed by atoms with Crippen molar-refractivity contribution < 1.29 is 9.59 Å². The number of hydrogen-bond donors (Lipinski definition) is 0. The van der Waals surface area contributed by atoms with Crippen LogP contribution in [0.3, 0.4) is 0 Å². The monoisotopic (exact) mass is 379 g/mol. The number of nitrogens with zero attached hydrogens (tertiary/aromatic N) is 3. The van der Waals surface area contributed by atoms with Gasteiger partial charge < -0.3 is 4.90 Å². The van der Waals surface area contributed by atoms with Crippen molar-refractivity contribution in [2.75, 3.05) is 18.5 Å². The first kappa shape index (κ1) is 17.7. The molecule has 0 spiro atoms. The molecular formula is C21H21N3O2S. The largest absolute Gasteiger partial charge is 0.335 e. The van der Waals surface area contributed by atoms with Crippen molar-refractivity contribution in [3.8, 4) is 0 Å². The van der Waals surface area contributed by atoms with Gasteiger partial charge in [-0.1, -0.05) is 47.7 Å². The van der Waals surface area contributed by atoms with Crippen LogP contribution in [0.25, 0.3) is 10.2 Å². The quantitative estimate of drug-likeness (QED) is 0.696. The molecule has 6 heteroatoms. The third-order valence-corrected chi connectivity index (χ3v) is 6.24. The lowest BCUT2D eigenvalue weighted by molar-refractivity contribution is -0.132. The Bertz CT molecular complexity index is 980. The van der Waals surface area contributed by atoms with Gasteiger partial charge in [0.2, 0.25) is 11.8 Å². The second kappa shape index (κ2) is 7.12. The average Bonchev–Trinajstić information content (AvgIpc) is 3.11. The van der Waals surface area contributed by atoms with E-state index in [0.29, 0.717) is 11.7 Å².